The van der Waals surface area contributed by atoms with Gasteiger partial charge >= 0.3 is 5.97 Å². The summed E-state index contributed by atoms with van der Waals surface area (Å²) in [5.41, 5.74) is 2.19. The van der Waals surface area contributed by atoms with E-state index in [4.69, 9.17) is 9.47 Å². The lowest BCUT2D eigenvalue weighted by atomic mass is 9.98. The number of hydrogen-bond donors (Lipinski definition) is 1. The van der Waals surface area contributed by atoms with E-state index in [1.54, 1.807) is 54.6 Å². The summed E-state index contributed by atoms with van der Waals surface area (Å²) in [5, 5.41) is 2.70. The molecular weight excluding hydrogens is 462 g/mol. The number of ether oxygens (including phenoxy) is 2. The van der Waals surface area contributed by atoms with Crippen molar-refractivity contribution in [1.82, 2.24) is 0 Å². The molecule has 0 saturated heterocycles. The van der Waals surface area contributed by atoms with Crippen molar-refractivity contribution < 1.29 is 23.9 Å². The maximum absolute atomic E-state index is 12.9. The summed E-state index contributed by atoms with van der Waals surface area (Å²) in [4.78, 5) is 37.7. The van der Waals surface area contributed by atoms with Crippen molar-refractivity contribution in [1.29, 1.82) is 0 Å². The molecule has 0 radical (unpaired) electrons. The first kappa shape index (κ1) is 22.2. The number of amides is 1. The highest BCUT2D eigenvalue weighted by molar-refractivity contribution is 9.10. The summed E-state index contributed by atoms with van der Waals surface area (Å²) in [5.74, 6) is -0.931. The highest BCUT2D eigenvalue weighted by Crippen LogP contribution is 2.21. The largest absolute Gasteiger partial charge is 0.497 e. The number of benzene rings is 3. The van der Waals surface area contributed by atoms with Gasteiger partial charge in [-0.3, -0.25) is 9.59 Å². The van der Waals surface area contributed by atoms with E-state index in [1.807, 2.05) is 13.0 Å². The quantitative estimate of drug-likeness (QED) is 0.387. The second-order valence-corrected chi connectivity index (χ2v) is 7.60. The number of rotatable bonds is 7. The summed E-state index contributed by atoms with van der Waals surface area (Å²) in [7, 11) is 1.54. The van der Waals surface area contributed by atoms with Gasteiger partial charge < -0.3 is 14.8 Å². The first-order valence-corrected chi connectivity index (χ1v) is 10.2. The summed E-state index contributed by atoms with van der Waals surface area (Å²) in [6, 6.07) is 18.3. The molecule has 0 aromatic heterocycles. The van der Waals surface area contributed by atoms with Crippen LogP contribution in [0.5, 0.6) is 5.75 Å². The molecule has 1 N–H and O–H groups in total. The number of aryl methyl sites for hydroxylation is 1. The predicted octanol–water partition coefficient (Wildman–Crippen LogP) is 4.79. The van der Waals surface area contributed by atoms with Gasteiger partial charge in [-0.1, -0.05) is 34.1 Å². The molecule has 0 saturated carbocycles. The van der Waals surface area contributed by atoms with E-state index in [1.165, 1.54) is 13.2 Å². The van der Waals surface area contributed by atoms with E-state index in [2.05, 4.69) is 21.2 Å². The number of hydrogen-bond acceptors (Lipinski definition) is 5. The van der Waals surface area contributed by atoms with Crippen molar-refractivity contribution in [3.8, 4) is 5.75 Å². The van der Waals surface area contributed by atoms with E-state index >= 15 is 0 Å². The Morgan fingerprint density at radius 3 is 2.26 bits per heavy atom. The third kappa shape index (κ3) is 5.58. The second-order valence-electron chi connectivity index (χ2n) is 6.69. The van der Waals surface area contributed by atoms with E-state index in [0.717, 1.165) is 10.0 Å². The third-order valence-electron chi connectivity index (χ3n) is 4.54. The lowest BCUT2D eigenvalue weighted by Crippen LogP contribution is -2.22. The number of anilines is 1. The Bertz CT molecular complexity index is 1130. The van der Waals surface area contributed by atoms with Crippen molar-refractivity contribution in [2.45, 2.75) is 6.92 Å². The minimum Gasteiger partial charge on any atom is -0.497 e. The van der Waals surface area contributed by atoms with Crippen molar-refractivity contribution in [2.75, 3.05) is 19.0 Å². The summed E-state index contributed by atoms with van der Waals surface area (Å²) in [6.45, 7) is 1.38. The number of halogens is 1. The van der Waals surface area contributed by atoms with Gasteiger partial charge in [0, 0.05) is 21.3 Å². The van der Waals surface area contributed by atoms with Crippen LogP contribution in [-0.4, -0.2) is 31.4 Å². The van der Waals surface area contributed by atoms with Crippen LogP contribution in [0.1, 0.15) is 31.8 Å². The fourth-order valence-corrected chi connectivity index (χ4v) is 3.40. The lowest BCUT2D eigenvalue weighted by Gasteiger charge is -2.11. The van der Waals surface area contributed by atoms with Crippen molar-refractivity contribution in [3.05, 3.63) is 93.5 Å². The zero-order valence-electron chi connectivity index (χ0n) is 17.0. The van der Waals surface area contributed by atoms with Gasteiger partial charge in [0.1, 0.15) is 5.75 Å². The molecule has 0 heterocycles. The molecule has 0 aliphatic rings. The number of carbonyl (C=O) groups is 3. The Morgan fingerprint density at radius 1 is 0.935 bits per heavy atom. The van der Waals surface area contributed by atoms with Crippen LogP contribution in [-0.2, 0) is 9.53 Å². The van der Waals surface area contributed by atoms with Crippen LogP contribution in [0.15, 0.2) is 71.2 Å². The molecule has 0 fully saturated rings. The normalized spacial score (nSPS) is 10.3. The minimum absolute atomic E-state index is 0.0935. The summed E-state index contributed by atoms with van der Waals surface area (Å²) in [6.07, 6.45) is 0. The summed E-state index contributed by atoms with van der Waals surface area (Å²) >= 11 is 3.36. The maximum atomic E-state index is 12.9. The average Bonchev–Trinajstić information content (AvgIpc) is 2.79. The molecule has 3 aromatic rings. The first-order chi connectivity index (χ1) is 14.9. The zero-order chi connectivity index (χ0) is 22.4. The average molecular weight is 482 g/mol. The molecule has 0 atom stereocenters. The third-order valence-corrected chi connectivity index (χ3v) is 5.03. The molecule has 7 heteroatoms. The zero-order valence-corrected chi connectivity index (χ0v) is 18.6. The van der Waals surface area contributed by atoms with Crippen LogP contribution in [0.3, 0.4) is 0 Å². The number of ketones is 1. The Morgan fingerprint density at radius 2 is 1.61 bits per heavy atom. The molecule has 0 spiro atoms. The van der Waals surface area contributed by atoms with Crippen molar-refractivity contribution >= 4 is 39.3 Å². The molecular formula is C24H20BrNO5. The number of esters is 1. The van der Waals surface area contributed by atoms with Crippen LogP contribution in [0, 0.1) is 6.92 Å². The van der Waals surface area contributed by atoms with E-state index in [0.29, 0.717) is 17.0 Å². The van der Waals surface area contributed by atoms with Crippen LogP contribution >= 0.6 is 15.9 Å². The van der Waals surface area contributed by atoms with Crippen LogP contribution in [0.2, 0.25) is 0 Å². The highest BCUT2D eigenvalue weighted by Gasteiger charge is 2.20. The van der Waals surface area contributed by atoms with Gasteiger partial charge in [-0.2, -0.15) is 0 Å². The Kier molecular flexibility index (Phi) is 7.20. The second kappa shape index (κ2) is 10.0. The standard InChI is InChI=1S/C24H20BrNO5/c1-15-13-17(25)9-12-21(15)26-22(27)14-31-24(29)20-6-4-3-5-19(20)23(28)16-7-10-18(30-2)11-8-16/h3-13H,14H2,1-2H3,(H,26,27). The van der Waals surface area contributed by atoms with Crippen LogP contribution in [0.4, 0.5) is 5.69 Å². The highest BCUT2D eigenvalue weighted by atomic mass is 79.9. The number of methoxy groups -OCH3 is 1. The molecule has 3 rings (SSSR count). The fourth-order valence-electron chi connectivity index (χ4n) is 2.92. The molecule has 3 aromatic carbocycles. The Balaban J connectivity index is 1.69. The first-order valence-electron chi connectivity index (χ1n) is 9.40. The number of nitrogens with one attached hydrogen (secondary N) is 1. The van der Waals surface area contributed by atoms with Crippen LogP contribution < -0.4 is 10.1 Å². The van der Waals surface area contributed by atoms with E-state index < -0.39 is 18.5 Å². The smallest absolute Gasteiger partial charge is 0.339 e. The van der Waals surface area contributed by atoms with Gasteiger partial charge in [0.15, 0.2) is 12.4 Å². The maximum Gasteiger partial charge on any atom is 0.339 e. The van der Waals surface area contributed by atoms with Crippen molar-refractivity contribution in [3.63, 3.8) is 0 Å². The topological polar surface area (TPSA) is 81.7 Å². The molecule has 31 heavy (non-hydrogen) atoms. The van der Waals surface area contributed by atoms with Gasteiger partial charge in [-0.25, -0.2) is 4.79 Å². The van der Waals surface area contributed by atoms with Gasteiger partial charge in [0.2, 0.25) is 0 Å². The van der Waals surface area contributed by atoms with Gasteiger partial charge in [-0.05, 0) is 61.0 Å². The number of carbonyl (C=O) groups excluding carboxylic acids is 3. The molecule has 0 unspecified atom stereocenters. The predicted molar refractivity (Wildman–Crippen MR) is 121 cm³/mol. The SMILES string of the molecule is COc1ccc(C(=O)c2ccccc2C(=O)OCC(=O)Nc2ccc(Br)cc2C)cc1. The lowest BCUT2D eigenvalue weighted by molar-refractivity contribution is -0.119. The Labute approximate surface area is 188 Å². The van der Waals surface area contributed by atoms with Crippen LogP contribution in [0.25, 0.3) is 0 Å². The molecule has 0 bridgehead atoms. The molecule has 1 amide bonds. The van der Waals surface area contributed by atoms with Crippen molar-refractivity contribution in [2.24, 2.45) is 0 Å². The van der Waals surface area contributed by atoms with Gasteiger partial charge in [0.05, 0.1) is 12.7 Å². The minimum atomic E-state index is -0.750. The fraction of sp³-hybridized carbons (Fsp3) is 0.125. The molecule has 158 valence electrons. The van der Waals surface area contributed by atoms with E-state index in [9.17, 15) is 14.4 Å². The molecule has 0 aliphatic carbocycles. The van der Waals surface area contributed by atoms with Gasteiger partial charge in [0.25, 0.3) is 5.91 Å². The summed E-state index contributed by atoms with van der Waals surface area (Å²) < 4.78 is 11.2. The molecule has 6 nitrogen and oxygen atoms in total. The Hall–Kier alpha value is -3.45. The monoisotopic (exact) mass is 481 g/mol. The van der Waals surface area contributed by atoms with Gasteiger partial charge in [-0.15, -0.1) is 0 Å². The van der Waals surface area contributed by atoms with E-state index in [-0.39, 0.29) is 16.9 Å². The molecule has 0 aliphatic heterocycles.